The predicted octanol–water partition coefficient (Wildman–Crippen LogP) is 1.10. The summed E-state index contributed by atoms with van der Waals surface area (Å²) in [6.45, 7) is 10.8. The number of rotatable bonds is 3. The van der Waals surface area contributed by atoms with E-state index in [0.717, 1.165) is 11.3 Å². The maximum Gasteiger partial charge on any atom is 0.258 e. The number of aryl methyl sites for hydroxylation is 1. The Kier molecular flexibility index (Phi) is 4.42. The van der Waals surface area contributed by atoms with Crippen LogP contribution in [0.3, 0.4) is 0 Å². The van der Waals surface area contributed by atoms with E-state index in [2.05, 4.69) is 10.3 Å². The van der Waals surface area contributed by atoms with Crippen molar-refractivity contribution >= 4 is 5.91 Å². The highest BCUT2D eigenvalue weighted by atomic mass is 16.2. The second-order valence-corrected chi connectivity index (χ2v) is 7.02. The molecule has 1 aromatic heterocycles. The van der Waals surface area contributed by atoms with Crippen LogP contribution >= 0.6 is 0 Å². The van der Waals surface area contributed by atoms with Gasteiger partial charge in [0.25, 0.3) is 5.56 Å². The van der Waals surface area contributed by atoms with E-state index in [1.165, 1.54) is 0 Å². The van der Waals surface area contributed by atoms with Gasteiger partial charge in [-0.05, 0) is 34.1 Å². The highest BCUT2D eigenvalue weighted by molar-refractivity contribution is 5.82. The molecule has 0 aromatic carbocycles. The van der Waals surface area contributed by atoms with Crippen molar-refractivity contribution in [2.24, 2.45) is 7.05 Å². The average molecular weight is 306 g/mol. The summed E-state index contributed by atoms with van der Waals surface area (Å²) in [7, 11) is 1.73. The number of hydrogen-bond donors (Lipinski definition) is 1. The van der Waals surface area contributed by atoms with E-state index in [9.17, 15) is 9.59 Å². The Labute approximate surface area is 131 Å². The molecule has 2 heterocycles. The number of carbonyl (C=O) groups is 1. The lowest BCUT2D eigenvalue weighted by Gasteiger charge is -2.29. The molecule has 22 heavy (non-hydrogen) atoms. The molecule has 0 radical (unpaired) electrons. The Balaban J connectivity index is 2.23. The summed E-state index contributed by atoms with van der Waals surface area (Å²) in [6, 6.07) is -0.238. The summed E-state index contributed by atoms with van der Waals surface area (Å²) in [4.78, 5) is 31.4. The zero-order valence-electron chi connectivity index (χ0n) is 14.4. The fourth-order valence-corrected chi connectivity index (χ4v) is 2.83. The van der Waals surface area contributed by atoms with Crippen LogP contribution in [0.1, 0.15) is 51.2 Å². The number of nitrogens with one attached hydrogen (secondary N) is 1. The molecule has 1 amide bonds. The van der Waals surface area contributed by atoms with Gasteiger partial charge in [-0.3, -0.25) is 19.1 Å². The van der Waals surface area contributed by atoms with Crippen LogP contribution in [0.5, 0.6) is 0 Å². The van der Waals surface area contributed by atoms with Gasteiger partial charge in [-0.25, -0.2) is 4.98 Å². The molecule has 0 bridgehead atoms. The molecular formula is C16H26N4O2. The van der Waals surface area contributed by atoms with Crippen LogP contribution in [0.2, 0.25) is 0 Å². The molecule has 0 aliphatic carbocycles. The lowest BCUT2D eigenvalue weighted by molar-refractivity contribution is -0.128. The molecule has 2 rings (SSSR count). The van der Waals surface area contributed by atoms with Crippen molar-refractivity contribution in [1.29, 1.82) is 0 Å². The van der Waals surface area contributed by atoms with Crippen LogP contribution in [0.15, 0.2) is 4.79 Å². The number of nitrogens with zero attached hydrogens (tertiary/aromatic N) is 3. The normalized spacial score (nSPS) is 16.5. The van der Waals surface area contributed by atoms with Crippen molar-refractivity contribution < 1.29 is 4.79 Å². The molecule has 1 aliphatic rings. The lowest BCUT2D eigenvalue weighted by atomic mass is 10.1. The van der Waals surface area contributed by atoms with Gasteiger partial charge in [-0.2, -0.15) is 0 Å². The van der Waals surface area contributed by atoms with Crippen molar-refractivity contribution in [3.8, 4) is 0 Å². The van der Waals surface area contributed by atoms with Gasteiger partial charge in [-0.15, -0.1) is 0 Å². The molecule has 6 heteroatoms. The van der Waals surface area contributed by atoms with Crippen LogP contribution in [0.25, 0.3) is 0 Å². The predicted molar refractivity (Wildman–Crippen MR) is 85.4 cm³/mol. The van der Waals surface area contributed by atoms with Gasteiger partial charge < -0.3 is 5.32 Å². The Hall–Kier alpha value is -1.69. The van der Waals surface area contributed by atoms with Gasteiger partial charge in [0.1, 0.15) is 5.82 Å². The standard InChI is InChI=1S/C16H26N4O2/c1-7-13(14(21)18-16(3,4)5)20-8-11-12(9-20)17-10(2)19(6)15(11)22/h13H,7-9H2,1-6H3,(H,18,21). The Morgan fingerprint density at radius 3 is 2.55 bits per heavy atom. The smallest absolute Gasteiger partial charge is 0.258 e. The van der Waals surface area contributed by atoms with E-state index in [4.69, 9.17) is 0 Å². The minimum Gasteiger partial charge on any atom is -0.350 e. The van der Waals surface area contributed by atoms with E-state index in [-0.39, 0.29) is 23.0 Å². The van der Waals surface area contributed by atoms with Crippen molar-refractivity contribution in [2.75, 3.05) is 0 Å². The maximum atomic E-state index is 12.5. The molecule has 0 fully saturated rings. The topological polar surface area (TPSA) is 67.2 Å². The number of aromatic nitrogens is 2. The average Bonchev–Trinajstić information content (AvgIpc) is 2.78. The van der Waals surface area contributed by atoms with Gasteiger partial charge in [0.2, 0.25) is 5.91 Å². The van der Waals surface area contributed by atoms with Crippen LogP contribution in [-0.2, 0) is 24.9 Å². The highest BCUT2D eigenvalue weighted by Gasteiger charge is 2.33. The number of hydrogen-bond acceptors (Lipinski definition) is 4. The minimum absolute atomic E-state index is 0.00363. The minimum atomic E-state index is -0.262. The SMILES string of the molecule is CCC(C(=O)NC(C)(C)C)N1Cc2nc(C)n(C)c(=O)c2C1. The summed E-state index contributed by atoms with van der Waals surface area (Å²) in [5.74, 6) is 0.717. The fourth-order valence-electron chi connectivity index (χ4n) is 2.83. The molecule has 1 N–H and O–H groups in total. The first kappa shape index (κ1) is 16.7. The lowest BCUT2D eigenvalue weighted by Crippen LogP contribution is -2.50. The second-order valence-electron chi connectivity index (χ2n) is 7.02. The Morgan fingerprint density at radius 1 is 1.36 bits per heavy atom. The monoisotopic (exact) mass is 306 g/mol. The summed E-state index contributed by atoms with van der Waals surface area (Å²) in [5.41, 5.74) is 1.26. The van der Waals surface area contributed by atoms with E-state index in [1.807, 2.05) is 39.5 Å². The zero-order chi connectivity index (χ0) is 16.7. The Morgan fingerprint density at radius 2 is 2.00 bits per heavy atom. The molecule has 0 spiro atoms. The van der Waals surface area contributed by atoms with Gasteiger partial charge in [-0.1, -0.05) is 6.92 Å². The van der Waals surface area contributed by atoms with Gasteiger partial charge in [0.05, 0.1) is 17.3 Å². The number of carbonyl (C=O) groups excluding carboxylic acids is 1. The summed E-state index contributed by atoms with van der Waals surface area (Å²) in [6.07, 6.45) is 0.704. The third-order valence-electron chi connectivity index (χ3n) is 4.04. The number of fused-ring (bicyclic) bond motifs is 1. The molecule has 0 saturated carbocycles. The van der Waals surface area contributed by atoms with Crippen molar-refractivity contribution in [3.63, 3.8) is 0 Å². The fraction of sp³-hybridized carbons (Fsp3) is 0.688. The second kappa shape index (κ2) is 5.83. The molecule has 1 unspecified atom stereocenters. The van der Waals surface area contributed by atoms with Gasteiger partial charge >= 0.3 is 0 Å². The zero-order valence-corrected chi connectivity index (χ0v) is 14.4. The van der Waals surface area contributed by atoms with Crippen LogP contribution < -0.4 is 10.9 Å². The summed E-state index contributed by atoms with van der Waals surface area (Å²) < 4.78 is 1.57. The van der Waals surface area contributed by atoms with Gasteiger partial charge in [0.15, 0.2) is 0 Å². The highest BCUT2D eigenvalue weighted by Crippen LogP contribution is 2.22. The third-order valence-corrected chi connectivity index (χ3v) is 4.04. The molecule has 6 nitrogen and oxygen atoms in total. The van der Waals surface area contributed by atoms with Crippen molar-refractivity contribution in [3.05, 3.63) is 27.4 Å². The van der Waals surface area contributed by atoms with E-state index >= 15 is 0 Å². The molecule has 1 atom stereocenters. The Bertz CT molecular complexity index is 643. The molecule has 122 valence electrons. The summed E-state index contributed by atoms with van der Waals surface area (Å²) in [5, 5.41) is 3.03. The molecular weight excluding hydrogens is 280 g/mol. The van der Waals surface area contributed by atoms with Crippen molar-refractivity contribution in [2.45, 2.75) is 65.7 Å². The van der Waals surface area contributed by atoms with Crippen LogP contribution in [-0.4, -0.2) is 31.9 Å². The van der Waals surface area contributed by atoms with Crippen LogP contribution in [0.4, 0.5) is 0 Å². The first-order valence-corrected chi connectivity index (χ1v) is 7.75. The first-order valence-electron chi connectivity index (χ1n) is 7.75. The van der Waals surface area contributed by atoms with Crippen LogP contribution in [0, 0.1) is 6.92 Å². The first-order chi connectivity index (χ1) is 10.1. The van der Waals surface area contributed by atoms with E-state index < -0.39 is 0 Å². The maximum absolute atomic E-state index is 12.5. The third kappa shape index (κ3) is 3.21. The molecule has 0 saturated heterocycles. The van der Waals surface area contributed by atoms with E-state index in [1.54, 1.807) is 11.6 Å². The van der Waals surface area contributed by atoms with E-state index in [0.29, 0.717) is 25.3 Å². The summed E-state index contributed by atoms with van der Waals surface area (Å²) >= 11 is 0. The van der Waals surface area contributed by atoms with Gasteiger partial charge in [0, 0.05) is 25.7 Å². The van der Waals surface area contributed by atoms with Crippen molar-refractivity contribution in [1.82, 2.24) is 19.8 Å². The quantitative estimate of drug-likeness (QED) is 0.908. The number of amides is 1. The molecule has 1 aromatic rings. The molecule has 1 aliphatic heterocycles. The largest absolute Gasteiger partial charge is 0.350 e.